The van der Waals surface area contributed by atoms with Gasteiger partial charge in [-0.1, -0.05) is 32.1 Å². The van der Waals surface area contributed by atoms with Gasteiger partial charge in [0.1, 0.15) is 0 Å². The van der Waals surface area contributed by atoms with Crippen LogP contribution in [0.2, 0.25) is 0 Å². The number of rotatable bonds is 4. The Morgan fingerprint density at radius 3 is 2.29 bits per heavy atom. The van der Waals surface area contributed by atoms with E-state index in [4.69, 9.17) is 5.73 Å². The minimum absolute atomic E-state index is 0.273. The van der Waals surface area contributed by atoms with Gasteiger partial charge in [0.05, 0.1) is 5.25 Å². The summed E-state index contributed by atoms with van der Waals surface area (Å²) in [7, 11) is -2.94. The zero-order valence-electron chi connectivity index (χ0n) is 8.91. The van der Waals surface area contributed by atoms with Gasteiger partial charge in [0.15, 0.2) is 9.84 Å². The van der Waals surface area contributed by atoms with E-state index in [0.717, 1.165) is 6.42 Å². The molecule has 14 heavy (non-hydrogen) atoms. The van der Waals surface area contributed by atoms with Gasteiger partial charge >= 0.3 is 0 Å². The van der Waals surface area contributed by atoms with Crippen molar-refractivity contribution in [2.45, 2.75) is 43.8 Å². The maximum absolute atomic E-state index is 11.4. The lowest BCUT2D eigenvalue weighted by Crippen LogP contribution is -2.31. The summed E-state index contributed by atoms with van der Waals surface area (Å²) >= 11 is 0. The molecule has 0 amide bonds. The molecule has 1 atom stereocenters. The molecule has 1 fully saturated rings. The summed E-state index contributed by atoms with van der Waals surface area (Å²) in [6.45, 7) is 0.273. The molecule has 1 saturated carbocycles. The zero-order valence-corrected chi connectivity index (χ0v) is 9.72. The highest BCUT2D eigenvalue weighted by molar-refractivity contribution is 7.91. The fourth-order valence-corrected chi connectivity index (χ4v) is 3.21. The Bertz CT molecular complexity index is 255. The molecule has 0 bridgehead atoms. The van der Waals surface area contributed by atoms with E-state index in [9.17, 15) is 8.42 Å². The van der Waals surface area contributed by atoms with Gasteiger partial charge in [-0.2, -0.15) is 0 Å². The molecule has 4 heteroatoms. The van der Waals surface area contributed by atoms with E-state index in [0.29, 0.717) is 5.92 Å². The van der Waals surface area contributed by atoms with Gasteiger partial charge in [0.2, 0.25) is 0 Å². The molecule has 2 N–H and O–H groups in total. The normalized spacial score (nSPS) is 22.1. The average Bonchev–Trinajstić information content (AvgIpc) is 2.14. The maximum Gasteiger partial charge on any atom is 0.151 e. The molecule has 0 aromatic heterocycles. The predicted octanol–water partition coefficient (Wildman–Crippen LogP) is 1.33. The van der Waals surface area contributed by atoms with Crippen LogP contribution in [0, 0.1) is 5.92 Å². The summed E-state index contributed by atoms with van der Waals surface area (Å²) in [5.41, 5.74) is 5.50. The van der Waals surface area contributed by atoms with Gasteiger partial charge in [0.25, 0.3) is 0 Å². The lowest BCUT2D eigenvalue weighted by Gasteiger charge is -2.24. The summed E-state index contributed by atoms with van der Waals surface area (Å²) in [6.07, 6.45) is 8.26. The highest BCUT2D eigenvalue weighted by atomic mass is 32.2. The quantitative estimate of drug-likeness (QED) is 0.776. The summed E-state index contributed by atoms with van der Waals surface area (Å²) in [5, 5.41) is -0.314. The first-order valence-corrected chi connectivity index (χ1v) is 7.38. The maximum atomic E-state index is 11.4. The van der Waals surface area contributed by atoms with Gasteiger partial charge in [0, 0.05) is 12.8 Å². The van der Waals surface area contributed by atoms with Crippen molar-refractivity contribution in [1.29, 1.82) is 0 Å². The van der Waals surface area contributed by atoms with Gasteiger partial charge < -0.3 is 5.73 Å². The Balaban J connectivity index is 2.47. The predicted molar refractivity (Wildman–Crippen MR) is 58.9 cm³/mol. The van der Waals surface area contributed by atoms with Crippen molar-refractivity contribution in [3.8, 4) is 0 Å². The molecule has 84 valence electrons. The Kier molecular flexibility index (Phi) is 4.38. The summed E-state index contributed by atoms with van der Waals surface area (Å²) in [5.74, 6) is 0.590. The standard InChI is InChI=1S/C10H21NO2S/c1-14(12,13)10(8-11)7-9-5-3-2-4-6-9/h9-10H,2-8,11H2,1H3. The van der Waals surface area contributed by atoms with E-state index in [1.165, 1.54) is 38.4 Å². The fourth-order valence-electron chi connectivity index (χ4n) is 2.24. The van der Waals surface area contributed by atoms with Crippen molar-refractivity contribution in [3.05, 3.63) is 0 Å². The molecule has 3 nitrogen and oxygen atoms in total. The van der Waals surface area contributed by atoms with Crippen molar-refractivity contribution < 1.29 is 8.42 Å². The number of nitrogens with two attached hydrogens (primary N) is 1. The highest BCUT2D eigenvalue weighted by Crippen LogP contribution is 2.28. The van der Waals surface area contributed by atoms with Crippen LogP contribution in [0.1, 0.15) is 38.5 Å². The first kappa shape index (κ1) is 12.0. The molecule has 0 heterocycles. The topological polar surface area (TPSA) is 60.2 Å². The molecule has 1 rings (SSSR count). The van der Waals surface area contributed by atoms with E-state index in [1.807, 2.05) is 0 Å². The molecule has 0 spiro atoms. The van der Waals surface area contributed by atoms with Crippen LogP contribution in [0.3, 0.4) is 0 Å². The van der Waals surface area contributed by atoms with Crippen LogP contribution in [0.25, 0.3) is 0 Å². The van der Waals surface area contributed by atoms with Crippen LogP contribution < -0.4 is 5.73 Å². The number of hydrogen-bond acceptors (Lipinski definition) is 3. The van der Waals surface area contributed by atoms with Gasteiger partial charge in [-0.3, -0.25) is 0 Å². The van der Waals surface area contributed by atoms with Crippen LogP contribution in [0.5, 0.6) is 0 Å². The third-order valence-corrected chi connectivity index (χ3v) is 4.79. The average molecular weight is 219 g/mol. The van der Waals surface area contributed by atoms with Gasteiger partial charge in [-0.25, -0.2) is 8.42 Å². The second-order valence-electron chi connectivity index (χ2n) is 4.43. The summed E-state index contributed by atoms with van der Waals surface area (Å²) < 4.78 is 22.7. The molecule has 1 aliphatic rings. The van der Waals surface area contributed by atoms with Gasteiger partial charge in [-0.05, 0) is 12.3 Å². The van der Waals surface area contributed by atoms with E-state index in [-0.39, 0.29) is 11.8 Å². The van der Waals surface area contributed by atoms with Crippen molar-refractivity contribution in [1.82, 2.24) is 0 Å². The molecular weight excluding hydrogens is 198 g/mol. The molecular formula is C10H21NO2S. The smallest absolute Gasteiger partial charge is 0.151 e. The third-order valence-electron chi connectivity index (χ3n) is 3.19. The molecule has 0 saturated heterocycles. The van der Waals surface area contributed by atoms with E-state index in [1.54, 1.807) is 0 Å². The summed E-state index contributed by atoms with van der Waals surface area (Å²) in [6, 6.07) is 0. The highest BCUT2D eigenvalue weighted by Gasteiger charge is 2.24. The lowest BCUT2D eigenvalue weighted by molar-refractivity contribution is 0.334. The van der Waals surface area contributed by atoms with Crippen LogP contribution >= 0.6 is 0 Å². The Labute approximate surface area is 87.0 Å². The van der Waals surface area contributed by atoms with Crippen LogP contribution in [0.15, 0.2) is 0 Å². The van der Waals surface area contributed by atoms with E-state index >= 15 is 0 Å². The lowest BCUT2D eigenvalue weighted by atomic mass is 9.86. The molecule has 0 radical (unpaired) electrons. The van der Waals surface area contributed by atoms with Crippen LogP contribution in [-0.4, -0.2) is 26.5 Å². The zero-order chi connectivity index (χ0) is 10.6. The SMILES string of the molecule is CS(=O)(=O)C(CN)CC1CCCCC1. The Morgan fingerprint density at radius 2 is 1.86 bits per heavy atom. The van der Waals surface area contributed by atoms with Gasteiger partial charge in [-0.15, -0.1) is 0 Å². The second-order valence-corrected chi connectivity index (χ2v) is 6.75. The van der Waals surface area contributed by atoms with Crippen LogP contribution in [-0.2, 0) is 9.84 Å². The first-order chi connectivity index (χ1) is 6.54. The molecule has 0 aromatic carbocycles. The van der Waals surface area contributed by atoms with Crippen molar-refractivity contribution in [3.63, 3.8) is 0 Å². The van der Waals surface area contributed by atoms with Crippen LogP contribution in [0.4, 0.5) is 0 Å². The fraction of sp³-hybridized carbons (Fsp3) is 1.00. The summed E-state index contributed by atoms with van der Waals surface area (Å²) in [4.78, 5) is 0. The van der Waals surface area contributed by atoms with Crippen molar-refractivity contribution in [2.75, 3.05) is 12.8 Å². The minimum Gasteiger partial charge on any atom is -0.329 e. The third kappa shape index (κ3) is 3.58. The number of hydrogen-bond donors (Lipinski definition) is 1. The van der Waals surface area contributed by atoms with Crippen molar-refractivity contribution in [2.24, 2.45) is 11.7 Å². The minimum atomic E-state index is -2.94. The largest absolute Gasteiger partial charge is 0.329 e. The van der Waals surface area contributed by atoms with Crippen molar-refractivity contribution >= 4 is 9.84 Å². The second kappa shape index (κ2) is 5.12. The molecule has 0 aromatic rings. The monoisotopic (exact) mass is 219 g/mol. The van der Waals surface area contributed by atoms with E-state index < -0.39 is 9.84 Å². The Morgan fingerprint density at radius 1 is 1.29 bits per heavy atom. The first-order valence-electron chi connectivity index (χ1n) is 5.43. The molecule has 0 aliphatic heterocycles. The number of sulfone groups is 1. The molecule has 1 aliphatic carbocycles. The Hall–Kier alpha value is -0.0900. The molecule has 1 unspecified atom stereocenters. The van der Waals surface area contributed by atoms with E-state index in [2.05, 4.69) is 0 Å².